The fourth-order valence-corrected chi connectivity index (χ4v) is 3.77. The van der Waals surface area contributed by atoms with Crippen LogP contribution < -0.4 is 15.1 Å². The minimum Gasteiger partial charge on any atom is -0.363 e. The quantitative estimate of drug-likeness (QED) is 0.645. The molecule has 0 bridgehead atoms. The molecule has 2 aromatic rings. The van der Waals surface area contributed by atoms with E-state index in [1.54, 1.807) is 0 Å². The van der Waals surface area contributed by atoms with Crippen molar-refractivity contribution in [1.29, 1.82) is 0 Å². The van der Waals surface area contributed by atoms with Gasteiger partial charge in [-0.25, -0.2) is 9.98 Å². The Balaban J connectivity index is 1.63. The zero-order valence-electron chi connectivity index (χ0n) is 15.9. The number of guanidine groups is 1. The Morgan fingerprint density at radius 3 is 2.73 bits per heavy atom. The first-order valence-electron chi connectivity index (χ1n) is 9.11. The van der Waals surface area contributed by atoms with Gasteiger partial charge in [0.25, 0.3) is 0 Å². The lowest BCUT2D eigenvalue weighted by molar-refractivity contribution is 0.373. The number of anilines is 2. The van der Waals surface area contributed by atoms with Crippen LogP contribution in [0.15, 0.2) is 40.8 Å². The number of piperazine rings is 1. The van der Waals surface area contributed by atoms with Gasteiger partial charge in [0.2, 0.25) is 0 Å². The molecule has 2 aromatic heterocycles. The van der Waals surface area contributed by atoms with Crippen LogP contribution in [-0.4, -0.2) is 62.7 Å². The molecule has 0 atom stereocenters. The third-order valence-corrected chi connectivity index (χ3v) is 5.34. The molecule has 0 aromatic carbocycles. The number of aromatic nitrogens is 1. The molecule has 1 N–H and O–H groups in total. The average molecular weight is 373 g/mol. The van der Waals surface area contributed by atoms with Crippen LogP contribution in [-0.2, 0) is 6.54 Å². The molecule has 0 aliphatic carbocycles. The van der Waals surface area contributed by atoms with Crippen molar-refractivity contribution in [3.63, 3.8) is 0 Å². The maximum Gasteiger partial charge on any atom is 0.194 e. The van der Waals surface area contributed by atoms with Gasteiger partial charge in [-0.3, -0.25) is 0 Å². The topological polar surface area (TPSA) is 47.0 Å². The SMILES string of the molecule is CCNC(=NCc1ccnc(N(C)C)c1)N1CCN(c2cccs2)CC1. The third-order valence-electron chi connectivity index (χ3n) is 4.41. The summed E-state index contributed by atoms with van der Waals surface area (Å²) in [6, 6.07) is 8.45. The summed E-state index contributed by atoms with van der Waals surface area (Å²) >= 11 is 1.81. The van der Waals surface area contributed by atoms with Crippen LogP contribution in [0.1, 0.15) is 12.5 Å². The molecular weight excluding hydrogens is 344 g/mol. The van der Waals surface area contributed by atoms with Gasteiger partial charge in [0, 0.05) is 53.0 Å². The van der Waals surface area contributed by atoms with Crippen LogP contribution in [0.5, 0.6) is 0 Å². The van der Waals surface area contributed by atoms with Crippen molar-refractivity contribution >= 4 is 28.1 Å². The Labute approximate surface area is 160 Å². The Hall–Kier alpha value is -2.28. The van der Waals surface area contributed by atoms with E-state index < -0.39 is 0 Å². The number of hydrogen-bond acceptors (Lipinski definition) is 5. The molecule has 1 saturated heterocycles. The lowest BCUT2D eigenvalue weighted by Crippen LogP contribution is -2.52. The van der Waals surface area contributed by atoms with Crippen molar-refractivity contribution < 1.29 is 0 Å². The number of thiophene rings is 1. The molecule has 3 heterocycles. The predicted molar refractivity (Wildman–Crippen MR) is 111 cm³/mol. The Morgan fingerprint density at radius 2 is 2.08 bits per heavy atom. The number of rotatable bonds is 5. The Morgan fingerprint density at radius 1 is 1.27 bits per heavy atom. The third kappa shape index (κ3) is 4.66. The van der Waals surface area contributed by atoms with E-state index in [-0.39, 0.29) is 0 Å². The van der Waals surface area contributed by atoms with E-state index in [0.717, 1.165) is 44.5 Å². The fourth-order valence-electron chi connectivity index (χ4n) is 2.98. The molecule has 1 aliphatic heterocycles. The summed E-state index contributed by atoms with van der Waals surface area (Å²) in [5, 5.41) is 6.95. The molecule has 1 fully saturated rings. The minimum absolute atomic E-state index is 0.664. The van der Waals surface area contributed by atoms with Gasteiger partial charge in [-0.2, -0.15) is 0 Å². The van der Waals surface area contributed by atoms with Gasteiger partial charge in [0.1, 0.15) is 5.82 Å². The zero-order chi connectivity index (χ0) is 18.4. The Kier molecular flexibility index (Phi) is 6.33. The van der Waals surface area contributed by atoms with E-state index in [4.69, 9.17) is 4.99 Å². The average Bonchev–Trinajstić information content (AvgIpc) is 3.20. The standard InChI is InChI=1S/C19H28N6S/c1-4-20-19(22-15-16-7-8-21-17(14-16)23(2)3)25-11-9-24(10-12-25)18-6-5-13-26-18/h5-8,13-14H,4,9-12,15H2,1-3H3,(H,20,22). The van der Waals surface area contributed by atoms with Crippen LogP contribution in [0.3, 0.4) is 0 Å². The van der Waals surface area contributed by atoms with Gasteiger partial charge in [-0.15, -0.1) is 11.3 Å². The van der Waals surface area contributed by atoms with E-state index in [1.165, 1.54) is 10.6 Å². The van der Waals surface area contributed by atoms with Gasteiger partial charge >= 0.3 is 0 Å². The summed E-state index contributed by atoms with van der Waals surface area (Å²) in [5.41, 5.74) is 1.18. The van der Waals surface area contributed by atoms with Crippen LogP contribution in [0.25, 0.3) is 0 Å². The number of nitrogens with one attached hydrogen (secondary N) is 1. The van der Waals surface area contributed by atoms with Crippen molar-refractivity contribution in [2.45, 2.75) is 13.5 Å². The highest BCUT2D eigenvalue weighted by Gasteiger charge is 2.20. The second kappa shape index (κ2) is 8.89. The van der Waals surface area contributed by atoms with E-state index >= 15 is 0 Å². The van der Waals surface area contributed by atoms with Crippen LogP contribution in [0.4, 0.5) is 10.8 Å². The largest absolute Gasteiger partial charge is 0.363 e. The molecular formula is C19H28N6S. The second-order valence-corrected chi connectivity index (χ2v) is 7.44. The molecule has 3 rings (SSSR count). The lowest BCUT2D eigenvalue weighted by atomic mass is 10.2. The minimum atomic E-state index is 0.664. The maximum absolute atomic E-state index is 4.86. The second-order valence-electron chi connectivity index (χ2n) is 6.51. The van der Waals surface area contributed by atoms with E-state index in [9.17, 15) is 0 Å². The number of pyridine rings is 1. The van der Waals surface area contributed by atoms with Crippen molar-refractivity contribution in [2.24, 2.45) is 4.99 Å². The summed E-state index contributed by atoms with van der Waals surface area (Å²) in [5.74, 6) is 1.97. The summed E-state index contributed by atoms with van der Waals surface area (Å²) in [4.78, 5) is 16.1. The smallest absolute Gasteiger partial charge is 0.194 e. The summed E-state index contributed by atoms with van der Waals surface area (Å²) in [7, 11) is 4.01. The highest BCUT2D eigenvalue weighted by atomic mass is 32.1. The fraction of sp³-hybridized carbons (Fsp3) is 0.474. The molecule has 140 valence electrons. The molecule has 0 unspecified atom stereocenters. The van der Waals surface area contributed by atoms with Crippen LogP contribution in [0, 0.1) is 0 Å². The normalized spacial score (nSPS) is 15.3. The molecule has 0 spiro atoms. The molecule has 26 heavy (non-hydrogen) atoms. The van der Waals surface area contributed by atoms with Crippen molar-refractivity contribution in [3.8, 4) is 0 Å². The zero-order valence-corrected chi connectivity index (χ0v) is 16.7. The van der Waals surface area contributed by atoms with E-state index in [1.807, 2.05) is 42.6 Å². The first-order valence-corrected chi connectivity index (χ1v) is 9.99. The van der Waals surface area contributed by atoms with Crippen molar-refractivity contribution in [2.75, 3.05) is 56.6 Å². The number of nitrogens with zero attached hydrogens (tertiary/aromatic N) is 5. The van der Waals surface area contributed by atoms with Gasteiger partial charge in [-0.05, 0) is 42.1 Å². The summed E-state index contributed by atoms with van der Waals surface area (Å²) in [6.07, 6.45) is 1.85. The first-order chi connectivity index (χ1) is 12.7. The highest BCUT2D eigenvalue weighted by molar-refractivity contribution is 7.14. The molecule has 0 amide bonds. The van der Waals surface area contributed by atoms with E-state index in [2.05, 4.69) is 50.6 Å². The van der Waals surface area contributed by atoms with Crippen molar-refractivity contribution in [3.05, 3.63) is 41.4 Å². The molecule has 1 aliphatic rings. The van der Waals surface area contributed by atoms with E-state index in [0.29, 0.717) is 6.54 Å². The molecule has 7 heteroatoms. The lowest BCUT2D eigenvalue weighted by Gasteiger charge is -2.37. The highest BCUT2D eigenvalue weighted by Crippen LogP contribution is 2.22. The number of hydrogen-bond donors (Lipinski definition) is 1. The Bertz CT molecular complexity index is 705. The van der Waals surface area contributed by atoms with Gasteiger partial charge in [0.15, 0.2) is 5.96 Å². The predicted octanol–water partition coefficient (Wildman–Crippen LogP) is 2.50. The summed E-state index contributed by atoms with van der Waals surface area (Å²) in [6.45, 7) is 7.70. The number of aliphatic imine (C=N–C) groups is 1. The molecule has 6 nitrogen and oxygen atoms in total. The molecule has 0 radical (unpaired) electrons. The van der Waals surface area contributed by atoms with Gasteiger partial charge in [0.05, 0.1) is 11.5 Å². The first kappa shape index (κ1) is 18.5. The van der Waals surface area contributed by atoms with Gasteiger partial charge in [-0.1, -0.05) is 0 Å². The van der Waals surface area contributed by atoms with Crippen LogP contribution in [0.2, 0.25) is 0 Å². The maximum atomic E-state index is 4.86. The molecule has 0 saturated carbocycles. The van der Waals surface area contributed by atoms with Crippen molar-refractivity contribution in [1.82, 2.24) is 15.2 Å². The van der Waals surface area contributed by atoms with Crippen LogP contribution >= 0.6 is 11.3 Å². The monoisotopic (exact) mass is 372 g/mol. The van der Waals surface area contributed by atoms with Gasteiger partial charge < -0.3 is 20.0 Å². The summed E-state index contributed by atoms with van der Waals surface area (Å²) < 4.78 is 0.